The highest BCUT2D eigenvalue weighted by atomic mass is 16.3. The summed E-state index contributed by atoms with van der Waals surface area (Å²) in [4.78, 5) is 24.4. The molecule has 0 bridgehead atoms. The second kappa shape index (κ2) is 4.53. The molecule has 4 aliphatic rings. The zero-order valence-electron chi connectivity index (χ0n) is 13.6. The van der Waals surface area contributed by atoms with Crippen molar-refractivity contribution in [1.82, 2.24) is 0 Å². The summed E-state index contributed by atoms with van der Waals surface area (Å²) in [6, 6.07) is 0. The lowest BCUT2D eigenvalue weighted by Crippen LogP contribution is -2.50. The molecule has 0 aliphatic heterocycles. The second-order valence-electron chi connectivity index (χ2n) is 8.57. The van der Waals surface area contributed by atoms with Gasteiger partial charge in [0.2, 0.25) is 5.78 Å². The van der Waals surface area contributed by atoms with Crippen molar-refractivity contribution in [3.63, 3.8) is 0 Å². The summed E-state index contributed by atoms with van der Waals surface area (Å²) >= 11 is 0. The first-order chi connectivity index (χ1) is 10.4. The number of fused-ring (bicyclic) bond motifs is 5. The van der Waals surface area contributed by atoms with E-state index in [4.69, 9.17) is 0 Å². The fourth-order valence-electron chi connectivity index (χ4n) is 6.23. The van der Waals surface area contributed by atoms with E-state index >= 15 is 0 Å². The summed E-state index contributed by atoms with van der Waals surface area (Å²) in [5.41, 5.74) is 1.22. The number of allylic oxidation sites excluding steroid dienone is 1. The molecule has 1 N–H and O–H groups in total. The van der Waals surface area contributed by atoms with E-state index in [9.17, 15) is 14.7 Å². The van der Waals surface area contributed by atoms with Gasteiger partial charge in [0.15, 0.2) is 5.78 Å². The van der Waals surface area contributed by atoms with Crippen LogP contribution in [0.2, 0.25) is 0 Å². The molecule has 0 spiro atoms. The Morgan fingerprint density at radius 2 is 1.77 bits per heavy atom. The molecule has 4 rings (SSSR count). The zero-order chi connectivity index (χ0) is 15.7. The second-order valence-corrected chi connectivity index (χ2v) is 8.57. The van der Waals surface area contributed by atoms with Crippen LogP contribution in [0, 0.1) is 28.6 Å². The number of carbonyl (C=O) groups is 2. The Balaban J connectivity index is 1.71. The highest BCUT2D eigenvalue weighted by Gasteiger charge is 2.61. The number of aliphatic hydroxyl groups is 1. The molecular weight excluding hydrogens is 276 g/mol. The first-order valence-corrected chi connectivity index (χ1v) is 8.81. The van der Waals surface area contributed by atoms with Gasteiger partial charge >= 0.3 is 0 Å². The summed E-state index contributed by atoms with van der Waals surface area (Å²) < 4.78 is 0. The van der Waals surface area contributed by atoms with Crippen molar-refractivity contribution in [2.24, 2.45) is 28.6 Å². The van der Waals surface area contributed by atoms with Crippen molar-refractivity contribution in [3.8, 4) is 0 Å². The minimum atomic E-state index is -0.395. The Bertz CT molecular complexity index is 577. The molecule has 3 heteroatoms. The van der Waals surface area contributed by atoms with E-state index in [0.717, 1.165) is 38.5 Å². The SMILES string of the molecule is C[C@]12CC[C@H](O)CC1=CC[C@@H]1[C@@H]2CC[C@]2(C)C(=O)C(=O)C[C@@H]12. The summed E-state index contributed by atoms with van der Waals surface area (Å²) in [7, 11) is 0. The molecule has 0 aromatic carbocycles. The third-order valence-corrected chi connectivity index (χ3v) is 7.64. The molecule has 3 saturated carbocycles. The minimum absolute atomic E-state index is 0.102. The molecule has 22 heavy (non-hydrogen) atoms. The van der Waals surface area contributed by atoms with Gasteiger partial charge in [-0.2, -0.15) is 0 Å². The monoisotopic (exact) mass is 302 g/mol. The van der Waals surface area contributed by atoms with Crippen LogP contribution in [0.1, 0.15) is 58.8 Å². The Kier molecular flexibility index (Phi) is 3.01. The number of aliphatic hydroxyl groups excluding tert-OH is 1. The third kappa shape index (κ3) is 1.72. The first-order valence-electron chi connectivity index (χ1n) is 8.81. The van der Waals surface area contributed by atoms with Crippen LogP contribution in [0.4, 0.5) is 0 Å². The number of ketones is 2. The molecule has 4 aliphatic carbocycles. The number of hydrogen-bond acceptors (Lipinski definition) is 3. The van der Waals surface area contributed by atoms with Crippen molar-refractivity contribution >= 4 is 11.6 Å². The van der Waals surface area contributed by atoms with Crippen molar-refractivity contribution in [1.29, 1.82) is 0 Å². The summed E-state index contributed by atoms with van der Waals surface area (Å²) in [6.07, 6.45) is 8.29. The molecule has 0 heterocycles. The maximum atomic E-state index is 12.3. The van der Waals surface area contributed by atoms with Gasteiger partial charge in [-0.1, -0.05) is 25.5 Å². The van der Waals surface area contributed by atoms with Crippen molar-refractivity contribution < 1.29 is 14.7 Å². The molecule has 120 valence electrons. The van der Waals surface area contributed by atoms with E-state index in [-0.39, 0.29) is 29.0 Å². The van der Waals surface area contributed by atoms with E-state index in [1.54, 1.807) is 0 Å². The maximum Gasteiger partial charge on any atom is 0.204 e. The van der Waals surface area contributed by atoms with Crippen LogP contribution < -0.4 is 0 Å². The molecule has 0 unspecified atom stereocenters. The third-order valence-electron chi connectivity index (χ3n) is 7.64. The van der Waals surface area contributed by atoms with Gasteiger partial charge in [-0.05, 0) is 61.7 Å². The van der Waals surface area contributed by atoms with E-state index in [1.165, 1.54) is 5.57 Å². The Morgan fingerprint density at radius 3 is 2.55 bits per heavy atom. The number of hydrogen-bond donors (Lipinski definition) is 1. The summed E-state index contributed by atoms with van der Waals surface area (Å²) in [5.74, 6) is 1.06. The van der Waals surface area contributed by atoms with Crippen molar-refractivity contribution in [2.75, 3.05) is 0 Å². The summed E-state index contributed by atoms with van der Waals surface area (Å²) in [6.45, 7) is 4.40. The van der Waals surface area contributed by atoms with Crippen LogP contribution in [0.25, 0.3) is 0 Å². The van der Waals surface area contributed by atoms with E-state index in [2.05, 4.69) is 13.0 Å². The van der Waals surface area contributed by atoms with Gasteiger partial charge in [0.1, 0.15) is 0 Å². The Morgan fingerprint density at radius 1 is 1.05 bits per heavy atom. The van der Waals surface area contributed by atoms with Gasteiger partial charge in [0, 0.05) is 11.8 Å². The average molecular weight is 302 g/mol. The fraction of sp³-hybridized carbons (Fsp3) is 0.789. The maximum absolute atomic E-state index is 12.3. The largest absolute Gasteiger partial charge is 0.393 e. The van der Waals surface area contributed by atoms with Gasteiger partial charge in [-0.25, -0.2) is 0 Å². The molecule has 0 saturated heterocycles. The fourth-order valence-corrected chi connectivity index (χ4v) is 6.23. The van der Waals surface area contributed by atoms with Crippen LogP contribution in [-0.2, 0) is 9.59 Å². The van der Waals surface area contributed by atoms with E-state index in [1.807, 2.05) is 6.92 Å². The smallest absolute Gasteiger partial charge is 0.204 e. The molecule has 0 aromatic rings. The predicted molar refractivity (Wildman–Crippen MR) is 83.1 cm³/mol. The van der Waals surface area contributed by atoms with Crippen LogP contribution in [0.3, 0.4) is 0 Å². The van der Waals surface area contributed by atoms with Crippen molar-refractivity contribution in [2.45, 2.75) is 64.9 Å². The Hall–Kier alpha value is -0.960. The quantitative estimate of drug-likeness (QED) is 0.553. The standard InChI is InChI=1S/C19H26O3/c1-18-7-5-12(20)9-11(18)3-4-13-14(18)6-8-19(2)15(13)10-16(21)17(19)22/h3,12-15,20H,4-10H2,1-2H3/t12-,13+,14-,15-,18-,19-/m0/s1. The Labute approximate surface area is 132 Å². The van der Waals surface area contributed by atoms with E-state index < -0.39 is 5.41 Å². The highest BCUT2D eigenvalue weighted by Crippen LogP contribution is 2.63. The normalized spacial score (nSPS) is 51.0. The molecule has 3 fully saturated rings. The molecule has 0 amide bonds. The molecular formula is C19H26O3. The number of carbonyl (C=O) groups excluding carboxylic acids is 2. The van der Waals surface area contributed by atoms with Crippen molar-refractivity contribution in [3.05, 3.63) is 11.6 Å². The number of Topliss-reactive ketones (excluding diaryl/α,β-unsaturated/α-hetero) is 2. The predicted octanol–water partition coefficient (Wildman–Crippen LogP) is 3.06. The lowest BCUT2D eigenvalue weighted by molar-refractivity contribution is -0.140. The summed E-state index contributed by atoms with van der Waals surface area (Å²) in [5, 5.41) is 9.99. The molecule has 0 radical (unpaired) electrons. The molecule has 3 nitrogen and oxygen atoms in total. The number of rotatable bonds is 0. The molecule has 6 atom stereocenters. The van der Waals surface area contributed by atoms with Gasteiger partial charge in [-0.15, -0.1) is 0 Å². The minimum Gasteiger partial charge on any atom is -0.393 e. The first kappa shape index (κ1) is 14.6. The van der Waals surface area contributed by atoms with Crippen LogP contribution in [0.5, 0.6) is 0 Å². The van der Waals surface area contributed by atoms with Gasteiger partial charge < -0.3 is 5.11 Å². The lowest BCUT2D eigenvalue weighted by atomic mass is 9.48. The van der Waals surface area contributed by atoms with Gasteiger partial charge in [-0.3, -0.25) is 9.59 Å². The van der Waals surface area contributed by atoms with E-state index in [0.29, 0.717) is 18.3 Å². The van der Waals surface area contributed by atoms with Crippen LogP contribution in [0.15, 0.2) is 11.6 Å². The lowest BCUT2D eigenvalue weighted by Gasteiger charge is -2.56. The highest BCUT2D eigenvalue weighted by molar-refractivity contribution is 6.41. The molecule has 0 aromatic heterocycles. The average Bonchev–Trinajstić information content (AvgIpc) is 2.72. The van der Waals surface area contributed by atoms with Gasteiger partial charge in [0.25, 0.3) is 0 Å². The van der Waals surface area contributed by atoms with Gasteiger partial charge in [0.05, 0.1) is 6.10 Å². The van der Waals surface area contributed by atoms with Crippen LogP contribution >= 0.6 is 0 Å². The van der Waals surface area contributed by atoms with Crippen LogP contribution in [-0.4, -0.2) is 22.8 Å². The zero-order valence-corrected chi connectivity index (χ0v) is 13.6. The topological polar surface area (TPSA) is 54.4 Å².